The summed E-state index contributed by atoms with van der Waals surface area (Å²) in [4.78, 5) is 11.6. The number of carbonyl (C=O) groups excluding carboxylic acids is 1. The van der Waals surface area contributed by atoms with Crippen molar-refractivity contribution in [1.29, 1.82) is 0 Å². The molecule has 1 N–H and O–H groups in total. The summed E-state index contributed by atoms with van der Waals surface area (Å²) in [5.74, 6) is -0.513. The Labute approximate surface area is 112 Å². The van der Waals surface area contributed by atoms with E-state index < -0.39 is 11.6 Å². The molecule has 0 spiro atoms. The largest absolute Gasteiger partial charge is 0.464 e. The van der Waals surface area contributed by atoms with Gasteiger partial charge in [-0.15, -0.1) is 5.10 Å². The molecule has 108 valence electrons. The van der Waals surface area contributed by atoms with Crippen molar-refractivity contribution in [2.24, 2.45) is 0 Å². The Kier molecular flexibility index (Phi) is 5.44. The second-order valence-corrected chi connectivity index (χ2v) is 4.90. The van der Waals surface area contributed by atoms with Gasteiger partial charge in [0, 0.05) is 20.1 Å². The first-order chi connectivity index (χ1) is 8.89. The van der Waals surface area contributed by atoms with E-state index in [9.17, 15) is 9.90 Å². The SMILES string of the molecule is COCCc1c(C(=O)OC)nnn1CCC(C)(C)O. The minimum Gasteiger partial charge on any atom is -0.464 e. The third kappa shape index (κ3) is 4.60. The first kappa shape index (κ1) is 15.6. The molecule has 0 saturated heterocycles. The van der Waals surface area contributed by atoms with Crippen LogP contribution in [0.15, 0.2) is 0 Å². The number of aryl methyl sites for hydroxylation is 1. The second kappa shape index (κ2) is 6.63. The fourth-order valence-corrected chi connectivity index (χ4v) is 1.59. The van der Waals surface area contributed by atoms with Crippen LogP contribution in [0.1, 0.15) is 36.5 Å². The van der Waals surface area contributed by atoms with Gasteiger partial charge in [0.1, 0.15) is 0 Å². The molecule has 0 bridgehead atoms. The molecule has 1 aromatic rings. The number of rotatable bonds is 7. The summed E-state index contributed by atoms with van der Waals surface area (Å²) in [7, 11) is 2.89. The van der Waals surface area contributed by atoms with Crippen LogP contribution in [0.25, 0.3) is 0 Å². The summed E-state index contributed by atoms with van der Waals surface area (Å²) in [5.41, 5.74) is 0.0730. The number of methoxy groups -OCH3 is 2. The van der Waals surface area contributed by atoms with Gasteiger partial charge in [-0.1, -0.05) is 5.21 Å². The van der Waals surface area contributed by atoms with Crippen molar-refractivity contribution in [3.05, 3.63) is 11.4 Å². The number of aromatic nitrogens is 3. The van der Waals surface area contributed by atoms with Crippen LogP contribution in [0.2, 0.25) is 0 Å². The number of aliphatic hydroxyl groups is 1. The van der Waals surface area contributed by atoms with Gasteiger partial charge in [0.05, 0.1) is 25.0 Å². The Hall–Kier alpha value is -1.47. The molecule has 0 unspecified atom stereocenters. The fraction of sp³-hybridized carbons (Fsp3) is 0.750. The number of hydrogen-bond acceptors (Lipinski definition) is 6. The van der Waals surface area contributed by atoms with Gasteiger partial charge in [0.15, 0.2) is 5.69 Å². The third-order valence-electron chi connectivity index (χ3n) is 2.69. The highest BCUT2D eigenvalue weighted by atomic mass is 16.5. The predicted molar refractivity (Wildman–Crippen MR) is 67.9 cm³/mol. The van der Waals surface area contributed by atoms with E-state index in [1.54, 1.807) is 25.6 Å². The predicted octanol–water partition coefficient (Wildman–Crippen LogP) is 0.415. The zero-order valence-electron chi connectivity index (χ0n) is 11.8. The van der Waals surface area contributed by atoms with E-state index in [2.05, 4.69) is 15.0 Å². The zero-order chi connectivity index (χ0) is 14.5. The van der Waals surface area contributed by atoms with Crippen molar-refractivity contribution in [3.8, 4) is 0 Å². The van der Waals surface area contributed by atoms with Crippen molar-refractivity contribution in [2.75, 3.05) is 20.8 Å². The van der Waals surface area contributed by atoms with Gasteiger partial charge >= 0.3 is 5.97 Å². The summed E-state index contributed by atoms with van der Waals surface area (Å²) in [6.07, 6.45) is 1.02. The molecule has 1 heterocycles. The van der Waals surface area contributed by atoms with Crippen LogP contribution in [-0.2, 0) is 22.4 Å². The summed E-state index contributed by atoms with van der Waals surface area (Å²) >= 11 is 0. The molecular weight excluding hydrogens is 250 g/mol. The van der Waals surface area contributed by atoms with Gasteiger partial charge in [-0.05, 0) is 20.3 Å². The summed E-state index contributed by atoms with van der Waals surface area (Å²) in [6, 6.07) is 0. The van der Waals surface area contributed by atoms with E-state index in [0.29, 0.717) is 31.7 Å². The minimum atomic E-state index is -0.796. The lowest BCUT2D eigenvalue weighted by Crippen LogP contribution is -2.22. The third-order valence-corrected chi connectivity index (χ3v) is 2.69. The molecule has 0 aliphatic heterocycles. The molecule has 0 aromatic carbocycles. The van der Waals surface area contributed by atoms with E-state index in [1.807, 2.05) is 0 Å². The van der Waals surface area contributed by atoms with E-state index in [0.717, 1.165) is 0 Å². The van der Waals surface area contributed by atoms with Gasteiger partial charge in [-0.2, -0.15) is 0 Å². The molecule has 7 nitrogen and oxygen atoms in total. The lowest BCUT2D eigenvalue weighted by atomic mass is 10.1. The van der Waals surface area contributed by atoms with Crippen LogP contribution in [0.4, 0.5) is 0 Å². The molecule has 0 saturated carbocycles. The summed E-state index contributed by atoms with van der Waals surface area (Å²) < 4.78 is 11.3. The van der Waals surface area contributed by atoms with Crippen LogP contribution in [0.5, 0.6) is 0 Å². The Morgan fingerprint density at radius 1 is 1.42 bits per heavy atom. The zero-order valence-corrected chi connectivity index (χ0v) is 11.8. The number of nitrogens with zero attached hydrogens (tertiary/aromatic N) is 3. The first-order valence-corrected chi connectivity index (χ1v) is 6.11. The van der Waals surface area contributed by atoms with E-state index in [-0.39, 0.29) is 5.69 Å². The average molecular weight is 271 g/mol. The van der Waals surface area contributed by atoms with E-state index in [1.165, 1.54) is 7.11 Å². The number of hydrogen-bond donors (Lipinski definition) is 1. The molecule has 1 aromatic heterocycles. The molecule has 0 fully saturated rings. The maximum absolute atomic E-state index is 11.6. The van der Waals surface area contributed by atoms with Gasteiger partial charge < -0.3 is 14.6 Å². The molecule has 0 aliphatic rings. The molecule has 0 amide bonds. The van der Waals surface area contributed by atoms with Crippen molar-refractivity contribution in [1.82, 2.24) is 15.0 Å². The Morgan fingerprint density at radius 3 is 2.63 bits per heavy atom. The maximum Gasteiger partial charge on any atom is 0.360 e. The Balaban J connectivity index is 2.90. The highest BCUT2D eigenvalue weighted by molar-refractivity contribution is 5.88. The minimum absolute atomic E-state index is 0.204. The molecule has 7 heteroatoms. The molecule has 0 aliphatic carbocycles. The number of carbonyl (C=O) groups is 1. The van der Waals surface area contributed by atoms with Gasteiger partial charge in [-0.25, -0.2) is 9.48 Å². The van der Waals surface area contributed by atoms with Crippen molar-refractivity contribution in [3.63, 3.8) is 0 Å². The standard InChI is InChI=1S/C12H21N3O4/c1-12(2,17)6-7-15-9(5-8-18-3)10(13-14-15)11(16)19-4/h17H,5-8H2,1-4H3. The van der Waals surface area contributed by atoms with Crippen LogP contribution in [-0.4, -0.2) is 52.5 Å². The maximum atomic E-state index is 11.6. The lowest BCUT2D eigenvalue weighted by Gasteiger charge is -2.17. The van der Waals surface area contributed by atoms with E-state index >= 15 is 0 Å². The highest BCUT2D eigenvalue weighted by Gasteiger charge is 2.21. The molecular formula is C12H21N3O4. The quantitative estimate of drug-likeness (QED) is 0.723. The Morgan fingerprint density at radius 2 is 2.11 bits per heavy atom. The monoisotopic (exact) mass is 271 g/mol. The average Bonchev–Trinajstić information content (AvgIpc) is 2.75. The smallest absolute Gasteiger partial charge is 0.360 e. The molecule has 0 atom stereocenters. The number of esters is 1. The molecule has 0 radical (unpaired) electrons. The van der Waals surface area contributed by atoms with Gasteiger partial charge in [0.25, 0.3) is 0 Å². The van der Waals surface area contributed by atoms with Crippen molar-refractivity contribution in [2.45, 2.75) is 38.8 Å². The van der Waals surface area contributed by atoms with Crippen LogP contribution in [0.3, 0.4) is 0 Å². The summed E-state index contributed by atoms with van der Waals surface area (Å²) in [6.45, 7) is 4.38. The second-order valence-electron chi connectivity index (χ2n) is 4.90. The first-order valence-electron chi connectivity index (χ1n) is 6.11. The van der Waals surface area contributed by atoms with Crippen LogP contribution in [0, 0.1) is 0 Å². The summed E-state index contributed by atoms with van der Waals surface area (Å²) in [5, 5.41) is 17.5. The van der Waals surface area contributed by atoms with Crippen LogP contribution < -0.4 is 0 Å². The van der Waals surface area contributed by atoms with Gasteiger partial charge in [0.2, 0.25) is 0 Å². The van der Waals surface area contributed by atoms with Crippen molar-refractivity contribution < 1.29 is 19.4 Å². The molecule has 1 rings (SSSR count). The number of ether oxygens (including phenoxy) is 2. The van der Waals surface area contributed by atoms with Crippen LogP contribution >= 0.6 is 0 Å². The highest BCUT2D eigenvalue weighted by Crippen LogP contribution is 2.13. The topological polar surface area (TPSA) is 86.5 Å². The van der Waals surface area contributed by atoms with Crippen molar-refractivity contribution >= 4 is 5.97 Å². The normalized spacial score (nSPS) is 11.6. The fourth-order valence-electron chi connectivity index (χ4n) is 1.59. The molecule has 19 heavy (non-hydrogen) atoms. The van der Waals surface area contributed by atoms with Gasteiger partial charge in [-0.3, -0.25) is 0 Å². The lowest BCUT2D eigenvalue weighted by molar-refractivity contribution is 0.0592. The van der Waals surface area contributed by atoms with E-state index in [4.69, 9.17) is 4.74 Å². The Bertz CT molecular complexity index is 423.